The van der Waals surface area contributed by atoms with Gasteiger partial charge in [-0.2, -0.15) is 0 Å². The molecule has 0 aliphatic rings. The number of benzene rings is 2. The zero-order chi connectivity index (χ0) is 23.7. The highest BCUT2D eigenvalue weighted by Crippen LogP contribution is 2.12. The number of amidine groups is 1. The minimum absolute atomic E-state index is 0.0386. The maximum Gasteiger partial charge on any atom is 0.412 e. The van der Waals surface area contributed by atoms with Crippen LogP contribution in [-0.4, -0.2) is 53.8 Å². The lowest BCUT2D eigenvalue weighted by atomic mass is 10.0. The van der Waals surface area contributed by atoms with Gasteiger partial charge in [0.15, 0.2) is 5.78 Å². The summed E-state index contributed by atoms with van der Waals surface area (Å²) in [5.74, 6) is -1.22. The summed E-state index contributed by atoms with van der Waals surface area (Å²) in [5.41, 5.74) is 0.966. The molecule has 0 aliphatic heterocycles. The molecule has 1 atom stereocenters. The Hall–Kier alpha value is -4.21. The van der Waals surface area contributed by atoms with Crippen molar-refractivity contribution in [3.8, 4) is 5.75 Å². The maximum atomic E-state index is 12.4. The second kappa shape index (κ2) is 11.3. The van der Waals surface area contributed by atoms with Crippen LogP contribution in [0.1, 0.15) is 40.1 Å². The Balaban J connectivity index is 1.87. The number of rotatable bonds is 8. The Kier molecular flexibility index (Phi) is 8.46. The van der Waals surface area contributed by atoms with E-state index in [0.717, 1.165) is 0 Å². The highest BCUT2D eigenvalue weighted by Gasteiger charge is 2.18. The third-order valence-electron chi connectivity index (χ3n) is 4.26. The Morgan fingerprint density at radius 1 is 0.969 bits per heavy atom. The second-order valence-electron chi connectivity index (χ2n) is 6.80. The van der Waals surface area contributed by atoms with E-state index >= 15 is 0 Å². The highest BCUT2D eigenvalue weighted by atomic mass is 16.5. The molecule has 0 spiro atoms. The molecule has 0 saturated heterocycles. The van der Waals surface area contributed by atoms with E-state index in [-0.39, 0.29) is 42.0 Å². The van der Waals surface area contributed by atoms with E-state index in [1.807, 2.05) is 0 Å². The molecule has 0 bridgehead atoms. The summed E-state index contributed by atoms with van der Waals surface area (Å²) >= 11 is 0. The average Bonchev–Trinajstić information content (AvgIpc) is 2.76. The molecule has 168 valence electrons. The van der Waals surface area contributed by atoms with Crippen LogP contribution in [0, 0.1) is 5.41 Å². The fourth-order valence-electron chi connectivity index (χ4n) is 2.59. The van der Waals surface area contributed by atoms with Crippen LogP contribution < -0.4 is 16.0 Å². The molecule has 0 aliphatic carbocycles. The largest absolute Gasteiger partial charge is 0.508 e. The maximum absolute atomic E-state index is 12.4. The molecule has 0 fully saturated rings. The van der Waals surface area contributed by atoms with Crippen molar-refractivity contribution in [2.75, 3.05) is 13.2 Å². The summed E-state index contributed by atoms with van der Waals surface area (Å²) in [7, 11) is 0. The number of hydrogen-bond donors (Lipinski definition) is 5. The summed E-state index contributed by atoms with van der Waals surface area (Å²) in [6.07, 6.45) is -0.844. The van der Waals surface area contributed by atoms with Crippen molar-refractivity contribution < 1.29 is 29.0 Å². The Bertz CT molecular complexity index is 1000. The summed E-state index contributed by atoms with van der Waals surface area (Å²) in [5, 5.41) is 24.5. The standard InChI is InChI=1S/C22H24N4O6/c1-13(19(29)15-7-9-18(28)10-8-15)25-21(30)17-5-3-16(4-6-17)20(23)26-22(31)32-12-11-24-14(2)27/h3-10,13,28H,11-12H2,1-2H3,(H,24,27)(H,25,30)(H2,23,26,31)/t13-/m0/s1. The number of ether oxygens (including phenoxy) is 1. The van der Waals surface area contributed by atoms with Crippen molar-refractivity contribution in [1.82, 2.24) is 16.0 Å². The number of amides is 3. The molecule has 0 unspecified atom stereocenters. The molecular formula is C22H24N4O6. The van der Waals surface area contributed by atoms with Gasteiger partial charge < -0.3 is 20.5 Å². The first-order valence-corrected chi connectivity index (χ1v) is 9.68. The molecule has 0 radical (unpaired) electrons. The fourth-order valence-corrected chi connectivity index (χ4v) is 2.59. The van der Waals surface area contributed by atoms with Gasteiger partial charge in [0, 0.05) is 23.6 Å². The predicted octanol–water partition coefficient (Wildman–Crippen LogP) is 1.58. The van der Waals surface area contributed by atoms with E-state index in [0.29, 0.717) is 11.1 Å². The average molecular weight is 440 g/mol. The van der Waals surface area contributed by atoms with Gasteiger partial charge >= 0.3 is 6.09 Å². The molecule has 2 aromatic rings. The quantitative estimate of drug-likeness (QED) is 0.181. The Morgan fingerprint density at radius 3 is 2.12 bits per heavy atom. The van der Waals surface area contributed by atoms with Gasteiger partial charge in [0.2, 0.25) is 5.91 Å². The van der Waals surface area contributed by atoms with E-state index in [2.05, 4.69) is 16.0 Å². The minimum atomic E-state index is -0.844. The lowest BCUT2D eigenvalue weighted by molar-refractivity contribution is -0.119. The van der Waals surface area contributed by atoms with Crippen molar-refractivity contribution in [2.45, 2.75) is 19.9 Å². The van der Waals surface area contributed by atoms with Crippen molar-refractivity contribution in [3.05, 3.63) is 65.2 Å². The first-order valence-electron chi connectivity index (χ1n) is 9.68. The summed E-state index contributed by atoms with van der Waals surface area (Å²) < 4.78 is 4.84. The van der Waals surface area contributed by atoms with Crippen LogP contribution in [0.2, 0.25) is 0 Å². The number of carbonyl (C=O) groups excluding carboxylic acids is 4. The smallest absolute Gasteiger partial charge is 0.412 e. The molecule has 10 heteroatoms. The summed E-state index contributed by atoms with van der Waals surface area (Å²) in [6.45, 7) is 3.01. The van der Waals surface area contributed by atoms with Crippen LogP contribution in [0.4, 0.5) is 4.79 Å². The van der Waals surface area contributed by atoms with E-state index < -0.39 is 18.0 Å². The lowest BCUT2D eigenvalue weighted by Crippen LogP contribution is -2.38. The Labute approximate surface area is 184 Å². The monoisotopic (exact) mass is 440 g/mol. The number of ketones is 1. The van der Waals surface area contributed by atoms with Gasteiger partial charge in [0.25, 0.3) is 5.91 Å². The van der Waals surface area contributed by atoms with Crippen LogP contribution >= 0.6 is 0 Å². The number of carbonyl (C=O) groups is 4. The third kappa shape index (κ3) is 7.24. The van der Waals surface area contributed by atoms with E-state index in [1.165, 1.54) is 55.5 Å². The van der Waals surface area contributed by atoms with E-state index in [4.69, 9.17) is 10.1 Å². The van der Waals surface area contributed by atoms with Gasteiger partial charge in [0.1, 0.15) is 18.2 Å². The van der Waals surface area contributed by atoms with E-state index in [1.54, 1.807) is 6.92 Å². The Morgan fingerprint density at radius 2 is 1.53 bits per heavy atom. The van der Waals surface area contributed by atoms with Gasteiger partial charge in [-0.3, -0.25) is 25.1 Å². The van der Waals surface area contributed by atoms with Crippen LogP contribution in [0.15, 0.2) is 48.5 Å². The molecule has 2 aromatic carbocycles. The number of nitrogens with one attached hydrogen (secondary N) is 4. The first kappa shape index (κ1) is 24.1. The van der Waals surface area contributed by atoms with Crippen LogP contribution in [0.25, 0.3) is 0 Å². The van der Waals surface area contributed by atoms with Crippen LogP contribution in [0.5, 0.6) is 5.75 Å². The molecule has 2 rings (SSSR count). The second-order valence-corrected chi connectivity index (χ2v) is 6.80. The zero-order valence-electron chi connectivity index (χ0n) is 17.6. The summed E-state index contributed by atoms with van der Waals surface area (Å²) in [6, 6.07) is 10.8. The minimum Gasteiger partial charge on any atom is -0.508 e. The van der Waals surface area contributed by atoms with Gasteiger partial charge in [-0.05, 0) is 43.3 Å². The normalized spacial score (nSPS) is 11.1. The van der Waals surface area contributed by atoms with Gasteiger partial charge in [-0.1, -0.05) is 12.1 Å². The molecule has 10 nitrogen and oxygen atoms in total. The molecule has 0 aromatic heterocycles. The fraction of sp³-hybridized carbons (Fsp3) is 0.227. The number of aromatic hydroxyl groups is 1. The van der Waals surface area contributed by atoms with Crippen LogP contribution in [-0.2, 0) is 9.53 Å². The van der Waals surface area contributed by atoms with Crippen molar-refractivity contribution >= 4 is 29.5 Å². The van der Waals surface area contributed by atoms with Crippen LogP contribution in [0.3, 0.4) is 0 Å². The number of alkyl carbamates (subject to hydrolysis) is 1. The first-order chi connectivity index (χ1) is 15.2. The molecule has 0 heterocycles. The van der Waals surface area contributed by atoms with Gasteiger partial charge in [-0.15, -0.1) is 0 Å². The SMILES string of the molecule is CC(=O)NCCOC(=O)NC(=N)c1ccc(C(=O)N[C@@H](C)C(=O)c2ccc(O)cc2)cc1. The number of phenols is 1. The van der Waals surface area contributed by atoms with Crippen molar-refractivity contribution in [1.29, 1.82) is 5.41 Å². The lowest BCUT2D eigenvalue weighted by Gasteiger charge is -2.13. The number of hydrogen-bond acceptors (Lipinski definition) is 7. The van der Waals surface area contributed by atoms with Gasteiger partial charge in [0.05, 0.1) is 12.6 Å². The number of phenolic OH excluding ortho intramolecular Hbond substituents is 1. The third-order valence-corrected chi connectivity index (χ3v) is 4.26. The van der Waals surface area contributed by atoms with Crippen molar-refractivity contribution in [3.63, 3.8) is 0 Å². The van der Waals surface area contributed by atoms with Crippen molar-refractivity contribution in [2.24, 2.45) is 0 Å². The zero-order valence-corrected chi connectivity index (χ0v) is 17.6. The molecule has 5 N–H and O–H groups in total. The summed E-state index contributed by atoms with van der Waals surface area (Å²) in [4.78, 5) is 47.2. The topological polar surface area (TPSA) is 158 Å². The highest BCUT2D eigenvalue weighted by molar-refractivity contribution is 6.06. The predicted molar refractivity (Wildman–Crippen MR) is 116 cm³/mol. The molecule has 0 saturated carbocycles. The van der Waals surface area contributed by atoms with Gasteiger partial charge in [-0.25, -0.2) is 4.79 Å². The molecule has 3 amide bonds. The van der Waals surface area contributed by atoms with E-state index in [9.17, 15) is 24.3 Å². The molecular weight excluding hydrogens is 416 g/mol. The molecule has 32 heavy (non-hydrogen) atoms. The number of Topliss-reactive ketones (excluding diaryl/α,β-unsaturated/α-hetero) is 1.